The van der Waals surface area contributed by atoms with Gasteiger partial charge in [0.15, 0.2) is 5.69 Å². The number of amides is 1. The van der Waals surface area contributed by atoms with Crippen LogP contribution in [-0.4, -0.2) is 42.1 Å². The first-order valence-electron chi connectivity index (χ1n) is 7.72. The van der Waals surface area contributed by atoms with E-state index in [4.69, 9.17) is 4.52 Å². The van der Waals surface area contributed by atoms with E-state index in [-0.39, 0.29) is 5.91 Å². The quantitative estimate of drug-likeness (QED) is 0.893. The zero-order chi connectivity index (χ0) is 13.6. The second kappa shape index (κ2) is 4.58. The van der Waals surface area contributed by atoms with Crippen LogP contribution in [0, 0.1) is 5.41 Å². The van der Waals surface area contributed by atoms with Crippen molar-refractivity contribution in [3.05, 3.63) is 17.5 Å². The molecule has 1 amide bonds. The van der Waals surface area contributed by atoms with Crippen LogP contribution < -0.4 is 5.32 Å². The van der Waals surface area contributed by atoms with E-state index in [0.717, 1.165) is 38.4 Å². The molecule has 0 unspecified atom stereocenters. The molecule has 0 radical (unpaired) electrons. The third-order valence-corrected chi connectivity index (χ3v) is 5.12. The van der Waals surface area contributed by atoms with E-state index < -0.39 is 0 Å². The maximum atomic E-state index is 12.5. The second-order valence-corrected chi connectivity index (χ2v) is 6.62. The fourth-order valence-corrected chi connectivity index (χ4v) is 3.59. The van der Waals surface area contributed by atoms with E-state index in [1.807, 2.05) is 11.0 Å². The molecule has 1 aromatic rings. The minimum atomic E-state index is 0.0519. The summed E-state index contributed by atoms with van der Waals surface area (Å²) in [6, 6.07) is 1.85. The summed E-state index contributed by atoms with van der Waals surface area (Å²) < 4.78 is 5.30. The Morgan fingerprint density at radius 1 is 1.35 bits per heavy atom. The van der Waals surface area contributed by atoms with Gasteiger partial charge in [0.1, 0.15) is 5.76 Å². The Kier molecular flexibility index (Phi) is 2.84. The molecule has 2 aliphatic heterocycles. The fraction of sp³-hybridized carbons (Fsp3) is 0.733. The van der Waals surface area contributed by atoms with Gasteiger partial charge in [0.05, 0.1) is 0 Å². The largest absolute Gasteiger partial charge is 0.360 e. The zero-order valence-corrected chi connectivity index (χ0v) is 11.7. The summed E-state index contributed by atoms with van der Waals surface area (Å²) in [5, 5.41) is 7.38. The predicted octanol–water partition coefficient (Wildman–Crippen LogP) is 1.77. The van der Waals surface area contributed by atoms with Crippen molar-refractivity contribution < 1.29 is 9.32 Å². The normalized spacial score (nSPS) is 25.3. The van der Waals surface area contributed by atoms with Crippen molar-refractivity contribution >= 4 is 5.91 Å². The van der Waals surface area contributed by atoms with Crippen LogP contribution in [0.15, 0.2) is 10.6 Å². The van der Waals surface area contributed by atoms with Gasteiger partial charge in [-0.25, -0.2) is 0 Å². The fourth-order valence-electron chi connectivity index (χ4n) is 3.59. The minimum Gasteiger partial charge on any atom is -0.360 e. The number of carbonyl (C=O) groups is 1. The molecule has 1 saturated carbocycles. The summed E-state index contributed by atoms with van der Waals surface area (Å²) >= 11 is 0. The number of nitrogens with zero attached hydrogens (tertiary/aromatic N) is 2. The van der Waals surface area contributed by atoms with Gasteiger partial charge in [0, 0.05) is 25.1 Å². The number of piperidine rings is 1. The molecule has 3 aliphatic rings. The van der Waals surface area contributed by atoms with Crippen LogP contribution >= 0.6 is 0 Å². The van der Waals surface area contributed by atoms with Crippen molar-refractivity contribution in [1.82, 2.24) is 15.4 Å². The number of nitrogens with one attached hydrogen (secondary N) is 1. The molecule has 4 rings (SSSR count). The predicted molar refractivity (Wildman–Crippen MR) is 73.5 cm³/mol. The molecule has 0 aromatic carbocycles. The van der Waals surface area contributed by atoms with Gasteiger partial charge in [-0.3, -0.25) is 4.79 Å². The van der Waals surface area contributed by atoms with Crippen LogP contribution in [0.2, 0.25) is 0 Å². The highest BCUT2D eigenvalue weighted by Gasteiger charge is 2.41. The Bertz CT molecular complexity index is 515. The monoisotopic (exact) mass is 275 g/mol. The van der Waals surface area contributed by atoms with E-state index in [9.17, 15) is 4.79 Å². The summed E-state index contributed by atoms with van der Waals surface area (Å²) in [5.74, 6) is 1.46. The van der Waals surface area contributed by atoms with E-state index >= 15 is 0 Å². The van der Waals surface area contributed by atoms with Gasteiger partial charge in [-0.2, -0.15) is 0 Å². The van der Waals surface area contributed by atoms with Crippen molar-refractivity contribution in [2.75, 3.05) is 26.2 Å². The highest BCUT2D eigenvalue weighted by molar-refractivity contribution is 5.92. The lowest BCUT2D eigenvalue weighted by molar-refractivity contribution is 0.0751. The van der Waals surface area contributed by atoms with E-state index in [1.54, 1.807) is 0 Å². The van der Waals surface area contributed by atoms with E-state index in [2.05, 4.69) is 10.5 Å². The zero-order valence-electron chi connectivity index (χ0n) is 11.7. The molecule has 1 aliphatic carbocycles. The van der Waals surface area contributed by atoms with Crippen LogP contribution in [0.4, 0.5) is 0 Å². The smallest absolute Gasteiger partial charge is 0.276 e. The number of carbonyl (C=O) groups excluding carboxylic acids is 1. The van der Waals surface area contributed by atoms with Gasteiger partial charge < -0.3 is 14.7 Å². The van der Waals surface area contributed by atoms with Crippen molar-refractivity contribution in [2.45, 2.75) is 38.0 Å². The number of aromatic nitrogens is 1. The molecule has 20 heavy (non-hydrogen) atoms. The SMILES string of the molecule is O=C(c1cc(C2CC2)on1)N1CCC2(CCNCC2)C1. The Morgan fingerprint density at radius 3 is 2.90 bits per heavy atom. The molecule has 3 heterocycles. The van der Waals surface area contributed by atoms with Crippen LogP contribution in [0.1, 0.15) is 54.3 Å². The van der Waals surface area contributed by atoms with Gasteiger partial charge in [0.25, 0.3) is 5.91 Å². The summed E-state index contributed by atoms with van der Waals surface area (Å²) in [4.78, 5) is 14.5. The molecule has 3 fully saturated rings. The van der Waals surface area contributed by atoms with Crippen molar-refractivity contribution in [1.29, 1.82) is 0 Å². The minimum absolute atomic E-state index is 0.0519. The first-order chi connectivity index (χ1) is 9.76. The molecule has 1 spiro atoms. The molecule has 1 aromatic heterocycles. The molecule has 5 heteroatoms. The maximum Gasteiger partial charge on any atom is 0.276 e. The maximum absolute atomic E-state index is 12.5. The lowest BCUT2D eigenvalue weighted by Gasteiger charge is -2.33. The number of rotatable bonds is 2. The molecule has 0 bridgehead atoms. The third-order valence-electron chi connectivity index (χ3n) is 5.12. The topological polar surface area (TPSA) is 58.4 Å². The van der Waals surface area contributed by atoms with Gasteiger partial charge in [-0.1, -0.05) is 5.16 Å². The molecule has 2 saturated heterocycles. The highest BCUT2D eigenvalue weighted by Crippen LogP contribution is 2.41. The van der Waals surface area contributed by atoms with Gasteiger partial charge in [-0.15, -0.1) is 0 Å². The van der Waals surface area contributed by atoms with Gasteiger partial charge in [0.2, 0.25) is 0 Å². The first kappa shape index (κ1) is 12.4. The van der Waals surface area contributed by atoms with Crippen LogP contribution in [0.5, 0.6) is 0 Å². The second-order valence-electron chi connectivity index (χ2n) is 6.62. The average molecular weight is 275 g/mol. The third kappa shape index (κ3) is 2.14. The van der Waals surface area contributed by atoms with E-state index in [0.29, 0.717) is 17.0 Å². The summed E-state index contributed by atoms with van der Waals surface area (Å²) in [5.41, 5.74) is 0.849. The average Bonchev–Trinajstić information content (AvgIpc) is 3.07. The molecule has 5 nitrogen and oxygen atoms in total. The van der Waals surface area contributed by atoms with Gasteiger partial charge in [-0.05, 0) is 50.6 Å². The number of likely N-dealkylation sites (tertiary alicyclic amines) is 1. The lowest BCUT2D eigenvalue weighted by Crippen LogP contribution is -2.39. The Hall–Kier alpha value is -1.36. The van der Waals surface area contributed by atoms with Crippen LogP contribution in [0.25, 0.3) is 0 Å². The highest BCUT2D eigenvalue weighted by atomic mass is 16.5. The number of hydrogen-bond donors (Lipinski definition) is 1. The Balaban J connectivity index is 1.45. The summed E-state index contributed by atoms with van der Waals surface area (Å²) in [7, 11) is 0. The van der Waals surface area contributed by atoms with Crippen molar-refractivity contribution in [3.8, 4) is 0 Å². The van der Waals surface area contributed by atoms with Crippen molar-refractivity contribution in [3.63, 3.8) is 0 Å². The Morgan fingerprint density at radius 2 is 2.15 bits per heavy atom. The molecule has 0 atom stereocenters. The van der Waals surface area contributed by atoms with E-state index in [1.165, 1.54) is 25.7 Å². The Labute approximate surface area is 118 Å². The summed E-state index contributed by atoms with van der Waals surface area (Å²) in [6.45, 7) is 3.92. The van der Waals surface area contributed by atoms with Gasteiger partial charge >= 0.3 is 0 Å². The molecular formula is C15H21N3O2. The number of hydrogen-bond acceptors (Lipinski definition) is 4. The van der Waals surface area contributed by atoms with Crippen LogP contribution in [0.3, 0.4) is 0 Å². The first-order valence-corrected chi connectivity index (χ1v) is 7.72. The summed E-state index contributed by atoms with van der Waals surface area (Å²) in [6.07, 6.45) is 5.84. The molecule has 108 valence electrons. The molecular weight excluding hydrogens is 254 g/mol. The van der Waals surface area contributed by atoms with Crippen LogP contribution in [-0.2, 0) is 0 Å². The standard InChI is InChI=1S/C15H21N3O2/c19-14(12-9-13(20-17-12)11-1-2-11)18-8-5-15(10-18)3-6-16-7-4-15/h9,11,16H,1-8,10H2. The molecule has 1 N–H and O–H groups in total. The lowest BCUT2D eigenvalue weighted by atomic mass is 9.78. The van der Waals surface area contributed by atoms with Crippen molar-refractivity contribution in [2.24, 2.45) is 5.41 Å².